The van der Waals surface area contributed by atoms with Crippen LogP contribution in [0.15, 0.2) is 6.33 Å². The summed E-state index contributed by atoms with van der Waals surface area (Å²) in [6.07, 6.45) is 1.43. The largest absolute Gasteiger partial charge is 0.490 e. The summed E-state index contributed by atoms with van der Waals surface area (Å²) < 4.78 is 5.29. The highest BCUT2D eigenvalue weighted by molar-refractivity contribution is 5.82. The summed E-state index contributed by atoms with van der Waals surface area (Å²) in [4.78, 5) is 21.7. The zero-order valence-electron chi connectivity index (χ0n) is 12.0. The number of carbonyl (C=O) groups is 1. The summed E-state index contributed by atoms with van der Waals surface area (Å²) in [5.74, 6) is 1.61. The van der Waals surface area contributed by atoms with Crippen molar-refractivity contribution in [2.24, 2.45) is 0 Å². The molecule has 1 rings (SSSR count). The molecule has 0 radical (unpaired) electrons. The Morgan fingerprint density at radius 3 is 2.68 bits per heavy atom. The Hall–Kier alpha value is -2.05. The van der Waals surface area contributed by atoms with E-state index >= 15 is 0 Å². The predicted molar refractivity (Wildman–Crippen MR) is 74.7 cm³/mol. The average molecular weight is 267 g/mol. The Balaban J connectivity index is 2.87. The van der Waals surface area contributed by atoms with Crippen molar-refractivity contribution in [2.75, 3.05) is 38.0 Å². The van der Waals surface area contributed by atoms with Crippen LogP contribution in [0.5, 0.6) is 5.75 Å². The first-order valence-corrected chi connectivity index (χ1v) is 6.06. The van der Waals surface area contributed by atoms with E-state index in [2.05, 4.69) is 20.6 Å². The molecule has 1 aromatic rings. The van der Waals surface area contributed by atoms with E-state index in [9.17, 15) is 4.79 Å². The second kappa shape index (κ2) is 6.77. The smallest absolute Gasteiger partial charge is 0.239 e. The van der Waals surface area contributed by atoms with Crippen LogP contribution in [-0.2, 0) is 4.79 Å². The van der Waals surface area contributed by atoms with Crippen molar-refractivity contribution in [3.05, 3.63) is 6.33 Å². The van der Waals surface area contributed by atoms with Gasteiger partial charge in [0.05, 0.1) is 13.7 Å². The Bertz CT molecular complexity index is 436. The molecule has 0 aliphatic heterocycles. The summed E-state index contributed by atoms with van der Waals surface area (Å²) in [6, 6.07) is 0.112. The van der Waals surface area contributed by atoms with Gasteiger partial charge < -0.3 is 20.3 Å². The fraction of sp³-hybridized carbons (Fsp3) is 0.583. The Morgan fingerprint density at radius 1 is 1.47 bits per heavy atom. The predicted octanol–water partition coefficient (Wildman–Crippen LogP) is 0.488. The third kappa shape index (κ3) is 3.97. The number of methoxy groups -OCH3 is 1. The van der Waals surface area contributed by atoms with Gasteiger partial charge in [0, 0.05) is 20.1 Å². The molecule has 7 heteroatoms. The van der Waals surface area contributed by atoms with Crippen LogP contribution in [0.3, 0.4) is 0 Å². The molecule has 0 aliphatic rings. The van der Waals surface area contributed by atoms with Crippen LogP contribution in [-0.4, -0.2) is 49.7 Å². The second-order valence-electron chi connectivity index (χ2n) is 4.41. The summed E-state index contributed by atoms with van der Waals surface area (Å²) in [6.45, 7) is 4.04. The maximum atomic E-state index is 11.7. The van der Waals surface area contributed by atoms with E-state index in [1.54, 1.807) is 26.1 Å². The van der Waals surface area contributed by atoms with E-state index < -0.39 is 0 Å². The van der Waals surface area contributed by atoms with Crippen LogP contribution in [0.1, 0.15) is 13.8 Å². The number of rotatable bonds is 6. The molecule has 2 N–H and O–H groups in total. The van der Waals surface area contributed by atoms with Crippen LogP contribution in [0.2, 0.25) is 0 Å². The van der Waals surface area contributed by atoms with Crippen molar-refractivity contribution in [3.8, 4) is 5.75 Å². The number of nitrogens with one attached hydrogen (secondary N) is 2. The summed E-state index contributed by atoms with van der Waals surface area (Å²) in [5, 5.41) is 5.75. The monoisotopic (exact) mass is 267 g/mol. The molecule has 0 saturated carbocycles. The van der Waals surface area contributed by atoms with Crippen LogP contribution in [0.4, 0.5) is 11.6 Å². The first-order chi connectivity index (χ1) is 8.99. The van der Waals surface area contributed by atoms with Gasteiger partial charge in [-0.2, -0.15) is 0 Å². The van der Waals surface area contributed by atoms with Gasteiger partial charge in [-0.25, -0.2) is 9.97 Å². The SMILES string of the molecule is CNc1ncnc(N(C)CC(=O)NC(C)C)c1OC. The highest BCUT2D eigenvalue weighted by Gasteiger charge is 2.17. The van der Waals surface area contributed by atoms with E-state index in [-0.39, 0.29) is 18.5 Å². The lowest BCUT2D eigenvalue weighted by atomic mass is 10.3. The van der Waals surface area contributed by atoms with E-state index in [0.29, 0.717) is 17.4 Å². The number of ether oxygens (including phenoxy) is 1. The molecule has 0 atom stereocenters. The van der Waals surface area contributed by atoms with E-state index in [0.717, 1.165) is 0 Å². The molecular weight excluding hydrogens is 246 g/mol. The first-order valence-electron chi connectivity index (χ1n) is 6.06. The molecule has 1 amide bonds. The zero-order valence-corrected chi connectivity index (χ0v) is 12.0. The van der Waals surface area contributed by atoms with E-state index in [1.807, 2.05) is 13.8 Å². The average Bonchev–Trinajstić information content (AvgIpc) is 2.36. The van der Waals surface area contributed by atoms with Crippen molar-refractivity contribution in [2.45, 2.75) is 19.9 Å². The quantitative estimate of drug-likeness (QED) is 0.781. The number of amides is 1. The standard InChI is InChI=1S/C12H21N5O2/c1-8(2)16-9(18)6-17(4)12-10(19-5)11(13-3)14-7-15-12/h7-8H,6H2,1-5H3,(H,16,18)(H,13,14,15). The zero-order chi connectivity index (χ0) is 14.4. The summed E-state index contributed by atoms with van der Waals surface area (Å²) in [7, 11) is 5.08. The van der Waals surface area contributed by atoms with Crippen molar-refractivity contribution in [1.29, 1.82) is 0 Å². The molecule has 0 bridgehead atoms. The molecule has 1 aromatic heterocycles. The first kappa shape index (κ1) is 15.0. The fourth-order valence-electron chi connectivity index (χ4n) is 1.66. The minimum absolute atomic E-state index is 0.0656. The highest BCUT2D eigenvalue weighted by atomic mass is 16.5. The third-order valence-corrected chi connectivity index (χ3v) is 2.42. The number of hydrogen-bond donors (Lipinski definition) is 2. The van der Waals surface area contributed by atoms with Gasteiger partial charge in [-0.3, -0.25) is 4.79 Å². The Morgan fingerprint density at radius 2 is 2.16 bits per heavy atom. The van der Waals surface area contributed by atoms with E-state index in [1.165, 1.54) is 6.33 Å². The minimum Gasteiger partial charge on any atom is -0.490 e. The van der Waals surface area contributed by atoms with Gasteiger partial charge in [-0.05, 0) is 13.8 Å². The van der Waals surface area contributed by atoms with Crippen LogP contribution >= 0.6 is 0 Å². The number of hydrogen-bond acceptors (Lipinski definition) is 6. The molecule has 0 fully saturated rings. The third-order valence-electron chi connectivity index (χ3n) is 2.42. The maximum Gasteiger partial charge on any atom is 0.239 e. The molecular formula is C12H21N5O2. The molecule has 0 saturated heterocycles. The maximum absolute atomic E-state index is 11.7. The molecule has 0 aromatic carbocycles. The van der Waals surface area contributed by atoms with Gasteiger partial charge in [0.25, 0.3) is 0 Å². The number of carbonyl (C=O) groups excluding carboxylic acids is 1. The molecule has 106 valence electrons. The lowest BCUT2D eigenvalue weighted by Crippen LogP contribution is -2.39. The molecule has 0 aliphatic carbocycles. The van der Waals surface area contributed by atoms with E-state index in [4.69, 9.17) is 4.74 Å². The molecule has 0 spiro atoms. The molecule has 1 heterocycles. The lowest BCUT2D eigenvalue weighted by molar-refractivity contribution is -0.120. The Kier molecular flexibility index (Phi) is 5.35. The van der Waals surface area contributed by atoms with Gasteiger partial charge in [0.1, 0.15) is 6.33 Å². The summed E-state index contributed by atoms with van der Waals surface area (Å²) >= 11 is 0. The van der Waals surface area contributed by atoms with Crippen molar-refractivity contribution < 1.29 is 9.53 Å². The number of likely N-dealkylation sites (N-methyl/N-ethyl adjacent to an activating group) is 1. The van der Waals surface area contributed by atoms with Crippen LogP contribution in [0, 0.1) is 0 Å². The number of anilines is 2. The van der Waals surface area contributed by atoms with Crippen molar-refractivity contribution >= 4 is 17.5 Å². The number of nitrogens with zero attached hydrogens (tertiary/aromatic N) is 3. The molecule has 0 unspecified atom stereocenters. The van der Waals surface area contributed by atoms with Crippen molar-refractivity contribution in [3.63, 3.8) is 0 Å². The minimum atomic E-state index is -0.0656. The van der Waals surface area contributed by atoms with Crippen LogP contribution in [0.25, 0.3) is 0 Å². The topological polar surface area (TPSA) is 79.4 Å². The van der Waals surface area contributed by atoms with Gasteiger partial charge in [-0.1, -0.05) is 0 Å². The Labute approximate surface area is 113 Å². The normalized spacial score (nSPS) is 10.2. The fourth-order valence-corrected chi connectivity index (χ4v) is 1.66. The highest BCUT2D eigenvalue weighted by Crippen LogP contribution is 2.30. The molecule has 19 heavy (non-hydrogen) atoms. The molecule has 7 nitrogen and oxygen atoms in total. The van der Waals surface area contributed by atoms with Gasteiger partial charge in [-0.15, -0.1) is 0 Å². The van der Waals surface area contributed by atoms with Gasteiger partial charge in [0.15, 0.2) is 11.6 Å². The number of aromatic nitrogens is 2. The van der Waals surface area contributed by atoms with Crippen LogP contribution < -0.4 is 20.3 Å². The van der Waals surface area contributed by atoms with Gasteiger partial charge in [0.2, 0.25) is 11.7 Å². The summed E-state index contributed by atoms with van der Waals surface area (Å²) in [5.41, 5.74) is 0. The second-order valence-corrected chi connectivity index (χ2v) is 4.41. The lowest BCUT2D eigenvalue weighted by Gasteiger charge is -2.21. The van der Waals surface area contributed by atoms with Gasteiger partial charge >= 0.3 is 0 Å². The van der Waals surface area contributed by atoms with Crippen molar-refractivity contribution in [1.82, 2.24) is 15.3 Å².